The van der Waals surface area contributed by atoms with Crippen molar-refractivity contribution in [2.45, 2.75) is 38.3 Å². The Hall–Kier alpha value is -1.30. The van der Waals surface area contributed by atoms with Crippen LogP contribution in [-0.4, -0.2) is 40.9 Å². The highest BCUT2D eigenvalue weighted by Crippen LogP contribution is 2.34. The number of nitrogens with one attached hydrogen (secondary N) is 2. The maximum absolute atomic E-state index is 11.2. The fraction of sp³-hybridized carbons (Fsp3) is 0.800. The van der Waals surface area contributed by atoms with E-state index in [0.29, 0.717) is 5.92 Å². The van der Waals surface area contributed by atoms with Crippen molar-refractivity contribution in [1.29, 1.82) is 0 Å². The highest BCUT2D eigenvalue weighted by molar-refractivity contribution is 5.77. The highest BCUT2D eigenvalue weighted by atomic mass is 16.4. The van der Waals surface area contributed by atoms with Gasteiger partial charge in [-0.05, 0) is 18.8 Å². The average Bonchev–Trinajstić information content (AvgIpc) is 2.93. The first kappa shape index (κ1) is 12.8. The number of carboxylic acid groups (broad SMARTS) is 1. The van der Waals surface area contributed by atoms with Crippen LogP contribution in [-0.2, 0) is 4.79 Å². The van der Waals surface area contributed by atoms with Crippen molar-refractivity contribution in [3.05, 3.63) is 0 Å². The molecule has 0 heterocycles. The molecule has 1 saturated carbocycles. The lowest BCUT2D eigenvalue weighted by Gasteiger charge is -2.09. The summed E-state index contributed by atoms with van der Waals surface area (Å²) in [5.41, 5.74) is 0. The number of carboxylic acids is 1. The number of urea groups is 1. The summed E-state index contributed by atoms with van der Waals surface area (Å²) in [6.45, 7) is 1.82. The molecule has 16 heavy (non-hydrogen) atoms. The number of rotatable bonds is 6. The summed E-state index contributed by atoms with van der Waals surface area (Å²) in [7, 11) is 0. The molecule has 6 heteroatoms. The first-order valence-corrected chi connectivity index (χ1v) is 5.49. The molecule has 0 spiro atoms. The lowest BCUT2D eigenvalue weighted by molar-refractivity contribution is -0.146. The normalized spacial score (nSPS) is 24.6. The van der Waals surface area contributed by atoms with Crippen LogP contribution in [0.15, 0.2) is 0 Å². The highest BCUT2D eigenvalue weighted by Gasteiger charge is 2.37. The van der Waals surface area contributed by atoms with Gasteiger partial charge >= 0.3 is 12.0 Å². The van der Waals surface area contributed by atoms with Crippen molar-refractivity contribution in [2.24, 2.45) is 5.92 Å². The molecule has 0 aromatic heterocycles. The van der Waals surface area contributed by atoms with Gasteiger partial charge in [-0.3, -0.25) is 0 Å². The minimum atomic E-state index is -1.55. The standard InChI is InChI=1S/C10H18N2O4/c1-2-3-6-4-7(6)12-10(16)11-5-8(13)9(14)15/h6-8,13H,2-5H2,1H3,(H,14,15)(H2,11,12,16)/t6?,7?,8-/m0/s1. The van der Waals surface area contributed by atoms with Crippen LogP contribution in [0.5, 0.6) is 0 Å². The second-order valence-corrected chi connectivity index (χ2v) is 4.10. The molecule has 0 aliphatic heterocycles. The molecule has 1 rings (SSSR count). The molecular weight excluding hydrogens is 212 g/mol. The van der Waals surface area contributed by atoms with E-state index < -0.39 is 18.1 Å². The molecule has 4 N–H and O–H groups in total. The van der Waals surface area contributed by atoms with E-state index in [1.54, 1.807) is 0 Å². The second kappa shape index (κ2) is 5.69. The number of aliphatic carboxylic acids is 1. The van der Waals surface area contributed by atoms with Gasteiger partial charge in [0.1, 0.15) is 0 Å². The van der Waals surface area contributed by atoms with Gasteiger partial charge in [-0.2, -0.15) is 0 Å². The summed E-state index contributed by atoms with van der Waals surface area (Å²) in [4.78, 5) is 21.5. The number of aliphatic hydroxyl groups is 1. The number of carbonyl (C=O) groups excluding carboxylic acids is 1. The van der Waals surface area contributed by atoms with Crippen LogP contribution in [0.3, 0.4) is 0 Å². The van der Waals surface area contributed by atoms with Crippen molar-refractivity contribution in [1.82, 2.24) is 10.6 Å². The van der Waals surface area contributed by atoms with E-state index in [1.165, 1.54) is 0 Å². The predicted octanol–water partition coefficient (Wildman–Crippen LogP) is -0.0803. The third-order valence-corrected chi connectivity index (χ3v) is 2.64. The summed E-state index contributed by atoms with van der Waals surface area (Å²) < 4.78 is 0. The fourth-order valence-electron chi connectivity index (χ4n) is 1.61. The summed E-state index contributed by atoms with van der Waals surface area (Å²) >= 11 is 0. The van der Waals surface area contributed by atoms with E-state index in [-0.39, 0.29) is 12.6 Å². The molecule has 0 saturated heterocycles. The molecule has 92 valence electrons. The van der Waals surface area contributed by atoms with Gasteiger partial charge in [-0.1, -0.05) is 13.3 Å². The molecule has 1 aliphatic rings. The van der Waals surface area contributed by atoms with Gasteiger partial charge in [0.2, 0.25) is 0 Å². The molecule has 1 aliphatic carbocycles. The molecule has 6 nitrogen and oxygen atoms in total. The first-order valence-electron chi connectivity index (χ1n) is 5.49. The number of hydrogen-bond donors (Lipinski definition) is 4. The molecule has 2 amide bonds. The quantitative estimate of drug-likeness (QED) is 0.513. The Kier molecular flexibility index (Phi) is 4.54. The largest absolute Gasteiger partial charge is 0.479 e. The van der Waals surface area contributed by atoms with E-state index in [9.17, 15) is 9.59 Å². The van der Waals surface area contributed by atoms with E-state index in [2.05, 4.69) is 17.6 Å². The van der Waals surface area contributed by atoms with Crippen molar-refractivity contribution in [2.75, 3.05) is 6.54 Å². The maximum Gasteiger partial charge on any atom is 0.334 e. The number of carbonyl (C=O) groups is 2. The smallest absolute Gasteiger partial charge is 0.334 e. The summed E-state index contributed by atoms with van der Waals surface area (Å²) in [6, 6.07) is -0.203. The Morgan fingerprint density at radius 2 is 2.19 bits per heavy atom. The van der Waals surface area contributed by atoms with Gasteiger partial charge in [0.05, 0.1) is 6.54 Å². The van der Waals surface area contributed by atoms with E-state index in [4.69, 9.17) is 10.2 Å². The van der Waals surface area contributed by atoms with Crippen molar-refractivity contribution in [3.63, 3.8) is 0 Å². The third-order valence-electron chi connectivity index (χ3n) is 2.64. The maximum atomic E-state index is 11.2. The van der Waals surface area contributed by atoms with Crippen molar-refractivity contribution < 1.29 is 19.8 Å². The van der Waals surface area contributed by atoms with Crippen LogP contribution in [0.25, 0.3) is 0 Å². The Balaban J connectivity index is 2.11. The molecule has 0 aromatic rings. The third kappa shape index (κ3) is 4.06. The van der Waals surface area contributed by atoms with Crippen LogP contribution < -0.4 is 10.6 Å². The van der Waals surface area contributed by atoms with Gasteiger partial charge in [-0.15, -0.1) is 0 Å². The first-order chi connectivity index (χ1) is 7.54. The number of aliphatic hydroxyl groups excluding tert-OH is 1. The predicted molar refractivity (Wildman–Crippen MR) is 57.0 cm³/mol. The topological polar surface area (TPSA) is 98.7 Å². The fourth-order valence-corrected chi connectivity index (χ4v) is 1.61. The van der Waals surface area contributed by atoms with Crippen LogP contribution in [0.2, 0.25) is 0 Å². The van der Waals surface area contributed by atoms with Crippen LogP contribution in [0.4, 0.5) is 4.79 Å². The number of amides is 2. The molecule has 0 radical (unpaired) electrons. The Morgan fingerprint density at radius 3 is 2.75 bits per heavy atom. The molecule has 0 aromatic carbocycles. The summed E-state index contributed by atoms with van der Waals surface area (Å²) in [5.74, 6) is -0.782. The monoisotopic (exact) mass is 230 g/mol. The minimum Gasteiger partial charge on any atom is -0.479 e. The molecule has 1 fully saturated rings. The van der Waals surface area contributed by atoms with E-state index in [1.807, 2.05) is 0 Å². The average molecular weight is 230 g/mol. The zero-order valence-electron chi connectivity index (χ0n) is 9.27. The van der Waals surface area contributed by atoms with Gasteiger partial charge in [-0.25, -0.2) is 9.59 Å². The second-order valence-electron chi connectivity index (χ2n) is 4.10. The van der Waals surface area contributed by atoms with Crippen LogP contribution in [0, 0.1) is 5.92 Å². The van der Waals surface area contributed by atoms with Crippen LogP contribution >= 0.6 is 0 Å². The van der Waals surface area contributed by atoms with Gasteiger partial charge in [0, 0.05) is 6.04 Å². The Morgan fingerprint density at radius 1 is 1.50 bits per heavy atom. The molecule has 2 unspecified atom stereocenters. The van der Waals surface area contributed by atoms with Gasteiger partial charge in [0.15, 0.2) is 6.10 Å². The van der Waals surface area contributed by atoms with E-state index in [0.717, 1.165) is 19.3 Å². The molecular formula is C10H18N2O4. The van der Waals surface area contributed by atoms with Gasteiger partial charge < -0.3 is 20.8 Å². The Labute approximate surface area is 94.0 Å². The van der Waals surface area contributed by atoms with Gasteiger partial charge in [0.25, 0.3) is 0 Å². The lowest BCUT2D eigenvalue weighted by Crippen LogP contribution is -2.43. The van der Waals surface area contributed by atoms with Crippen molar-refractivity contribution >= 4 is 12.0 Å². The van der Waals surface area contributed by atoms with Crippen molar-refractivity contribution in [3.8, 4) is 0 Å². The molecule has 0 bridgehead atoms. The zero-order chi connectivity index (χ0) is 12.1. The summed E-state index contributed by atoms with van der Waals surface area (Å²) in [5, 5.41) is 22.3. The lowest BCUT2D eigenvalue weighted by atomic mass is 10.2. The zero-order valence-corrected chi connectivity index (χ0v) is 9.27. The van der Waals surface area contributed by atoms with E-state index >= 15 is 0 Å². The number of hydrogen-bond acceptors (Lipinski definition) is 3. The Bertz CT molecular complexity index is 270. The minimum absolute atomic E-state index is 0.210. The SMILES string of the molecule is CCCC1CC1NC(=O)NC[C@H](O)C(=O)O. The van der Waals surface area contributed by atoms with Crippen LogP contribution in [0.1, 0.15) is 26.2 Å². The molecule has 3 atom stereocenters. The summed E-state index contributed by atoms with van der Waals surface area (Å²) in [6.07, 6.45) is 1.64.